The first-order valence-corrected chi connectivity index (χ1v) is 16.0. The molecule has 1 aliphatic carbocycles. The number of rotatable bonds is 16. The molecule has 1 aromatic carbocycles. The number of nitrogens with one attached hydrogen (secondary N) is 1. The molecule has 0 bridgehead atoms. The highest BCUT2D eigenvalue weighted by molar-refractivity contribution is 7.54. The number of aliphatic hydroxyl groups is 1. The van der Waals surface area contributed by atoms with Gasteiger partial charge in [0.2, 0.25) is 5.95 Å². The Kier molecular flexibility index (Phi) is 10.2. The van der Waals surface area contributed by atoms with E-state index in [2.05, 4.69) is 28.8 Å². The number of aliphatic hydroxyl groups excluding tert-OH is 1. The van der Waals surface area contributed by atoms with E-state index in [4.69, 9.17) is 19.5 Å². The second-order valence-corrected chi connectivity index (χ2v) is 13.0. The van der Waals surface area contributed by atoms with E-state index in [0.29, 0.717) is 24.7 Å². The number of carbonyl (C=O) groups excluding carboxylic acids is 1. The van der Waals surface area contributed by atoms with Crippen molar-refractivity contribution < 1.29 is 28.3 Å². The second kappa shape index (κ2) is 13.7. The smallest absolute Gasteiger partial charge is 0.380 e. The predicted octanol–water partition coefficient (Wildman–Crippen LogP) is 4.61. The quantitative estimate of drug-likeness (QED) is 0.156. The zero-order chi connectivity index (χ0) is 30.3. The fraction of sp³-hybridized carbons (Fsp3) is 0.517. The molecule has 0 radical (unpaired) electrons. The number of aromatic nitrogens is 4. The standard InChI is InChI=1S/C29H40N5O7P/c1-4-9-21(10-5-2)15-39-27(37)20(3)16-42(38,41-23-11-7-6-8-12-23)40-18-29(17-35)13-22(29)14-34-19-31-24-25(34)32-28(30)33-26(24)36/h6-8,11-12,14,19-21,35H,4-5,9-10,13,15-18H2,1-3H3,(H3,30,32,33,36)/b22-14-/t20-,29?,42+/m1/s1. The molecule has 0 aliphatic heterocycles. The number of aromatic amines is 1. The van der Waals surface area contributed by atoms with Gasteiger partial charge < -0.3 is 20.1 Å². The summed E-state index contributed by atoms with van der Waals surface area (Å²) >= 11 is 0. The van der Waals surface area contributed by atoms with Gasteiger partial charge in [-0.3, -0.25) is 23.7 Å². The molecule has 1 aliphatic rings. The summed E-state index contributed by atoms with van der Waals surface area (Å²) < 4.78 is 33.1. The topological polar surface area (TPSA) is 172 Å². The van der Waals surface area contributed by atoms with Crippen LogP contribution in [0, 0.1) is 17.3 Å². The lowest BCUT2D eigenvalue weighted by Gasteiger charge is -2.24. The van der Waals surface area contributed by atoms with E-state index in [-0.39, 0.29) is 36.5 Å². The van der Waals surface area contributed by atoms with Crippen molar-refractivity contribution in [1.29, 1.82) is 0 Å². The minimum atomic E-state index is -3.88. The predicted molar refractivity (Wildman–Crippen MR) is 160 cm³/mol. The molecule has 228 valence electrons. The molecule has 1 fully saturated rings. The van der Waals surface area contributed by atoms with Crippen LogP contribution in [0.3, 0.4) is 0 Å². The van der Waals surface area contributed by atoms with Gasteiger partial charge in [0.1, 0.15) is 12.1 Å². The summed E-state index contributed by atoms with van der Waals surface area (Å²) in [7, 11) is -3.88. The average Bonchev–Trinajstić information content (AvgIpc) is 3.51. The molecule has 4 rings (SSSR count). The van der Waals surface area contributed by atoms with Gasteiger partial charge in [-0.05, 0) is 42.9 Å². The Bertz CT molecular complexity index is 1500. The number of fused-ring (bicyclic) bond motifs is 1. The number of para-hydroxylation sites is 1. The number of hydrogen-bond acceptors (Lipinski definition) is 10. The third kappa shape index (κ3) is 7.67. The van der Waals surface area contributed by atoms with Crippen LogP contribution in [0.25, 0.3) is 17.4 Å². The Balaban J connectivity index is 1.48. The normalized spacial score (nSPS) is 19.6. The molecular weight excluding hydrogens is 561 g/mol. The first kappa shape index (κ1) is 31.5. The van der Waals surface area contributed by atoms with Crippen LogP contribution in [0.4, 0.5) is 5.95 Å². The van der Waals surface area contributed by atoms with Crippen molar-refractivity contribution in [3.05, 3.63) is 52.6 Å². The molecular formula is C29H40N5O7P. The van der Waals surface area contributed by atoms with E-state index < -0.39 is 30.5 Å². The van der Waals surface area contributed by atoms with Gasteiger partial charge in [0, 0.05) is 11.6 Å². The van der Waals surface area contributed by atoms with Crippen molar-refractivity contribution in [3.8, 4) is 5.75 Å². The van der Waals surface area contributed by atoms with Crippen LogP contribution in [-0.2, 0) is 18.6 Å². The maximum absolute atomic E-state index is 14.1. The van der Waals surface area contributed by atoms with Crippen LogP contribution in [0.5, 0.6) is 5.75 Å². The van der Waals surface area contributed by atoms with Crippen molar-refractivity contribution in [3.63, 3.8) is 0 Å². The van der Waals surface area contributed by atoms with Gasteiger partial charge in [0.15, 0.2) is 11.2 Å². The van der Waals surface area contributed by atoms with Crippen LogP contribution in [0.15, 0.2) is 47.0 Å². The minimum absolute atomic E-state index is 0.0434. The zero-order valence-electron chi connectivity index (χ0n) is 24.3. The summed E-state index contributed by atoms with van der Waals surface area (Å²) in [6.45, 7) is 5.79. The molecule has 1 unspecified atom stereocenters. The molecule has 3 aromatic rings. The fourth-order valence-electron chi connectivity index (χ4n) is 4.92. The minimum Gasteiger partial charge on any atom is -0.465 e. The van der Waals surface area contributed by atoms with E-state index in [1.165, 1.54) is 6.33 Å². The molecule has 13 heteroatoms. The number of hydrogen-bond donors (Lipinski definition) is 3. The van der Waals surface area contributed by atoms with Crippen LogP contribution < -0.4 is 15.8 Å². The lowest BCUT2D eigenvalue weighted by molar-refractivity contribution is -0.148. The number of nitrogens with zero attached hydrogens (tertiary/aromatic N) is 3. The molecule has 0 spiro atoms. The third-order valence-corrected chi connectivity index (χ3v) is 9.42. The lowest BCUT2D eigenvalue weighted by Crippen LogP contribution is -2.24. The number of nitrogens with two attached hydrogens (primary N) is 1. The number of H-pyrrole nitrogens is 1. The van der Waals surface area contributed by atoms with E-state index >= 15 is 0 Å². The third-order valence-electron chi connectivity index (χ3n) is 7.41. The van der Waals surface area contributed by atoms with Crippen molar-refractivity contribution in [1.82, 2.24) is 19.5 Å². The Morgan fingerprint density at radius 1 is 1.26 bits per heavy atom. The van der Waals surface area contributed by atoms with Gasteiger partial charge in [-0.25, -0.2) is 9.55 Å². The molecule has 42 heavy (non-hydrogen) atoms. The number of esters is 1. The first-order valence-electron chi connectivity index (χ1n) is 14.3. The Morgan fingerprint density at radius 2 is 1.98 bits per heavy atom. The summed E-state index contributed by atoms with van der Waals surface area (Å²) in [4.78, 5) is 35.7. The monoisotopic (exact) mass is 601 g/mol. The maximum atomic E-state index is 14.1. The van der Waals surface area contributed by atoms with Crippen molar-refractivity contribution in [2.24, 2.45) is 17.3 Å². The summed E-state index contributed by atoms with van der Waals surface area (Å²) in [6, 6.07) is 8.62. The van der Waals surface area contributed by atoms with E-state index in [0.717, 1.165) is 31.3 Å². The molecule has 2 aromatic heterocycles. The Hall–Kier alpha value is -3.47. The zero-order valence-corrected chi connectivity index (χ0v) is 25.2. The van der Waals surface area contributed by atoms with Crippen molar-refractivity contribution >= 4 is 36.9 Å². The van der Waals surface area contributed by atoms with Crippen LogP contribution in [0.2, 0.25) is 0 Å². The number of carbonyl (C=O) groups is 1. The molecule has 12 nitrogen and oxygen atoms in total. The molecule has 3 atom stereocenters. The first-order chi connectivity index (χ1) is 20.1. The summed E-state index contributed by atoms with van der Waals surface area (Å²) in [5.74, 6) is -0.601. The number of anilines is 1. The molecule has 0 amide bonds. The van der Waals surface area contributed by atoms with Gasteiger partial charge in [-0.15, -0.1) is 0 Å². The second-order valence-electron chi connectivity index (χ2n) is 11.0. The van der Waals surface area contributed by atoms with Gasteiger partial charge in [-0.2, -0.15) is 4.98 Å². The number of benzene rings is 1. The lowest BCUT2D eigenvalue weighted by atomic mass is 9.99. The van der Waals surface area contributed by atoms with E-state index in [1.807, 2.05) is 0 Å². The average molecular weight is 602 g/mol. The van der Waals surface area contributed by atoms with Gasteiger partial charge in [-0.1, -0.05) is 51.8 Å². The summed E-state index contributed by atoms with van der Waals surface area (Å²) in [6.07, 6.45) is 7.36. The molecule has 0 saturated heterocycles. The summed E-state index contributed by atoms with van der Waals surface area (Å²) in [5, 5.41) is 10.3. The molecule has 4 N–H and O–H groups in total. The van der Waals surface area contributed by atoms with Crippen LogP contribution in [-0.4, -0.2) is 56.6 Å². The highest BCUT2D eigenvalue weighted by atomic mass is 31.2. The van der Waals surface area contributed by atoms with Gasteiger partial charge in [0.25, 0.3) is 5.56 Å². The van der Waals surface area contributed by atoms with Crippen molar-refractivity contribution in [2.75, 3.05) is 31.7 Å². The van der Waals surface area contributed by atoms with Gasteiger partial charge >= 0.3 is 13.6 Å². The molecule has 2 heterocycles. The number of nitrogen functional groups attached to an aromatic ring is 1. The van der Waals surface area contributed by atoms with E-state index in [9.17, 15) is 19.3 Å². The number of ether oxygens (including phenoxy) is 1. The van der Waals surface area contributed by atoms with Crippen molar-refractivity contribution in [2.45, 2.75) is 52.9 Å². The fourth-order valence-corrected chi connectivity index (χ4v) is 6.85. The highest BCUT2D eigenvalue weighted by Gasteiger charge is 2.51. The number of imidazole rings is 1. The maximum Gasteiger partial charge on any atom is 0.380 e. The van der Waals surface area contributed by atoms with Crippen LogP contribution >= 0.6 is 7.60 Å². The SMILES string of the molecule is CCCC(CCC)COC(=O)[C@H](C)C[P@](=O)(OCC1(CO)C/C1=C/n1cnc2c(=O)[nH]c(N)nc21)Oc1ccccc1. The molecule has 1 saturated carbocycles. The van der Waals surface area contributed by atoms with E-state index in [1.54, 1.807) is 48.0 Å². The van der Waals surface area contributed by atoms with Crippen LogP contribution in [0.1, 0.15) is 52.9 Å². The highest BCUT2D eigenvalue weighted by Crippen LogP contribution is 2.57. The Morgan fingerprint density at radius 3 is 2.64 bits per heavy atom. The Labute approximate surface area is 244 Å². The largest absolute Gasteiger partial charge is 0.465 e. The van der Waals surface area contributed by atoms with Gasteiger partial charge in [0.05, 0.1) is 31.9 Å². The summed E-state index contributed by atoms with van der Waals surface area (Å²) in [5.41, 5.74) is 5.59.